The molecular weight excluding hydrogens is 721 g/mol. The highest BCUT2D eigenvalue weighted by molar-refractivity contribution is 6.36. The van der Waals surface area contributed by atoms with Crippen LogP contribution in [0.3, 0.4) is 0 Å². The zero-order valence-electron chi connectivity index (χ0n) is 30.8. The molecule has 4 aromatic carbocycles. The Hall–Kier alpha value is -4.41. The molecule has 5 aromatic rings. The lowest BCUT2D eigenvalue weighted by Gasteiger charge is -2.30. The van der Waals surface area contributed by atoms with E-state index in [4.69, 9.17) is 33.0 Å². The van der Waals surface area contributed by atoms with Gasteiger partial charge in [0.2, 0.25) is 5.91 Å². The van der Waals surface area contributed by atoms with Crippen molar-refractivity contribution in [2.24, 2.45) is 11.8 Å². The largest absolute Gasteiger partial charge is 0.496 e. The fourth-order valence-electron chi connectivity index (χ4n) is 8.07. The van der Waals surface area contributed by atoms with E-state index in [-0.39, 0.29) is 17.9 Å². The Labute approximate surface area is 326 Å². The van der Waals surface area contributed by atoms with E-state index in [0.29, 0.717) is 35.5 Å². The molecule has 282 valence electrons. The first kappa shape index (κ1) is 37.9. The van der Waals surface area contributed by atoms with E-state index in [1.807, 2.05) is 35.1 Å². The summed E-state index contributed by atoms with van der Waals surface area (Å²) >= 11 is 14.1. The highest BCUT2D eigenvalue weighted by Gasteiger charge is 2.27. The summed E-state index contributed by atoms with van der Waals surface area (Å²) in [5, 5.41) is 22.9. The Balaban J connectivity index is 1.04. The third-order valence-electron chi connectivity index (χ3n) is 11.0. The van der Waals surface area contributed by atoms with E-state index in [2.05, 4.69) is 71.1 Å². The maximum Gasteiger partial charge on any atom is 0.306 e. The van der Waals surface area contributed by atoms with Gasteiger partial charge in [0, 0.05) is 65.7 Å². The Kier molecular flexibility index (Phi) is 11.9. The number of aliphatic carboxylic acids is 1. The van der Waals surface area contributed by atoms with Gasteiger partial charge in [0.25, 0.3) is 0 Å². The van der Waals surface area contributed by atoms with E-state index in [9.17, 15) is 14.7 Å². The van der Waals surface area contributed by atoms with Crippen LogP contribution in [0.1, 0.15) is 55.2 Å². The van der Waals surface area contributed by atoms with Crippen LogP contribution in [0.4, 0.5) is 0 Å². The molecule has 2 heterocycles. The number of halogens is 2. The van der Waals surface area contributed by atoms with Crippen LogP contribution in [-0.2, 0) is 29.2 Å². The summed E-state index contributed by atoms with van der Waals surface area (Å²) in [5.74, 6) is 0.524. The standard InChI is InChI=1S/C43H47Cl2N5O4/c1-49(24-28-11-15-30(16-12-28)43(52)53)25-32-19-38(44)31(20-40(32)54-2)26-50-39-8-4-6-35(37(39)23-47-50)36-7-3-5-34(42(36)45)29-13-9-27(10-14-29)21-46-22-33-17-18-41(51)48-33/h3-10,13-14,19-20,23,28,30,33,46H,11-12,15-18,21-22,24-26H2,1-2H3,(H,48,51)(H,52,53)/t28?,30?,33-/m0/s1. The molecule has 1 atom stereocenters. The number of amides is 1. The Bertz CT molecular complexity index is 2130. The third kappa shape index (κ3) is 8.60. The van der Waals surface area contributed by atoms with Crippen molar-refractivity contribution in [3.8, 4) is 28.0 Å². The van der Waals surface area contributed by atoms with Gasteiger partial charge in [-0.15, -0.1) is 0 Å². The molecule has 2 fully saturated rings. The molecule has 54 heavy (non-hydrogen) atoms. The van der Waals surface area contributed by atoms with Crippen LogP contribution in [-0.4, -0.2) is 65.0 Å². The number of rotatable bonds is 14. The van der Waals surface area contributed by atoms with Crippen molar-refractivity contribution in [2.75, 3.05) is 27.2 Å². The molecule has 1 amide bonds. The monoisotopic (exact) mass is 767 g/mol. The highest BCUT2D eigenvalue weighted by atomic mass is 35.5. The Morgan fingerprint density at radius 3 is 2.44 bits per heavy atom. The molecule has 1 aromatic heterocycles. The average molecular weight is 769 g/mol. The van der Waals surface area contributed by atoms with Crippen LogP contribution in [0.25, 0.3) is 33.2 Å². The molecule has 1 aliphatic heterocycles. The van der Waals surface area contributed by atoms with Crippen LogP contribution in [0.2, 0.25) is 10.0 Å². The highest BCUT2D eigenvalue weighted by Crippen LogP contribution is 2.40. The minimum Gasteiger partial charge on any atom is -0.496 e. The molecule has 1 saturated carbocycles. The number of nitrogens with zero attached hydrogens (tertiary/aromatic N) is 3. The van der Waals surface area contributed by atoms with Crippen LogP contribution in [0.5, 0.6) is 5.75 Å². The third-order valence-corrected chi connectivity index (χ3v) is 11.8. The van der Waals surface area contributed by atoms with E-state index < -0.39 is 5.97 Å². The van der Waals surface area contributed by atoms with Gasteiger partial charge in [-0.2, -0.15) is 5.10 Å². The number of methoxy groups -OCH3 is 1. The summed E-state index contributed by atoms with van der Waals surface area (Å²) in [6.07, 6.45) is 6.76. The molecule has 7 rings (SSSR count). The number of nitrogens with one attached hydrogen (secondary N) is 2. The molecular formula is C43H47Cl2N5O4. The summed E-state index contributed by atoms with van der Waals surface area (Å²) in [4.78, 5) is 25.1. The van der Waals surface area contributed by atoms with Crippen LogP contribution in [0.15, 0.2) is 79.0 Å². The predicted octanol–water partition coefficient (Wildman–Crippen LogP) is 8.43. The minimum absolute atomic E-state index is 0.134. The number of aromatic nitrogens is 2. The van der Waals surface area contributed by atoms with Crippen LogP contribution in [0, 0.1) is 11.8 Å². The molecule has 0 spiro atoms. The van der Waals surface area contributed by atoms with Gasteiger partial charge in [0.1, 0.15) is 5.75 Å². The zero-order valence-corrected chi connectivity index (χ0v) is 32.3. The zero-order chi connectivity index (χ0) is 37.8. The summed E-state index contributed by atoms with van der Waals surface area (Å²) in [6, 6.07) is 25.0. The maximum absolute atomic E-state index is 11.5. The number of carboxylic acids is 1. The van der Waals surface area contributed by atoms with Gasteiger partial charge in [-0.25, -0.2) is 0 Å². The van der Waals surface area contributed by atoms with Crippen molar-refractivity contribution in [3.05, 3.63) is 106 Å². The van der Waals surface area contributed by atoms with Gasteiger partial charge in [0.15, 0.2) is 0 Å². The topological polar surface area (TPSA) is 109 Å². The van der Waals surface area contributed by atoms with Crippen molar-refractivity contribution in [1.29, 1.82) is 0 Å². The summed E-state index contributed by atoms with van der Waals surface area (Å²) < 4.78 is 7.81. The molecule has 0 radical (unpaired) electrons. The number of carbonyl (C=O) groups is 2. The minimum atomic E-state index is -0.670. The van der Waals surface area contributed by atoms with Gasteiger partial charge in [-0.05, 0) is 85.5 Å². The maximum atomic E-state index is 11.5. The second kappa shape index (κ2) is 16.9. The van der Waals surface area contributed by atoms with E-state index >= 15 is 0 Å². The first-order valence-corrected chi connectivity index (χ1v) is 19.5. The molecule has 0 unspecified atom stereocenters. The first-order chi connectivity index (χ1) is 26.2. The molecule has 1 saturated heterocycles. The van der Waals surface area contributed by atoms with E-state index in [1.165, 1.54) is 5.56 Å². The number of carbonyl (C=O) groups excluding carboxylic acids is 1. The van der Waals surface area contributed by atoms with Crippen molar-refractivity contribution in [3.63, 3.8) is 0 Å². The molecule has 0 bridgehead atoms. The quantitative estimate of drug-likeness (QED) is 0.104. The summed E-state index contributed by atoms with van der Waals surface area (Å²) in [6.45, 7) is 3.54. The van der Waals surface area contributed by atoms with Crippen molar-refractivity contribution in [2.45, 2.75) is 64.2 Å². The lowest BCUT2D eigenvalue weighted by Crippen LogP contribution is -2.35. The summed E-state index contributed by atoms with van der Waals surface area (Å²) in [7, 11) is 3.78. The smallest absolute Gasteiger partial charge is 0.306 e. The van der Waals surface area contributed by atoms with Crippen molar-refractivity contribution in [1.82, 2.24) is 25.3 Å². The van der Waals surface area contributed by atoms with Crippen molar-refractivity contribution >= 4 is 46.0 Å². The Morgan fingerprint density at radius 2 is 1.72 bits per heavy atom. The average Bonchev–Trinajstić information content (AvgIpc) is 3.78. The lowest BCUT2D eigenvalue weighted by atomic mass is 9.82. The van der Waals surface area contributed by atoms with Crippen LogP contribution < -0.4 is 15.4 Å². The second-order valence-corrected chi connectivity index (χ2v) is 15.6. The molecule has 11 heteroatoms. The predicted molar refractivity (Wildman–Crippen MR) is 215 cm³/mol. The number of carboxylic acid groups (broad SMARTS) is 1. The lowest BCUT2D eigenvalue weighted by molar-refractivity contribution is -0.143. The summed E-state index contributed by atoms with van der Waals surface area (Å²) in [5.41, 5.74) is 8.00. The molecule has 1 aliphatic carbocycles. The van der Waals surface area contributed by atoms with Gasteiger partial charge in [-0.3, -0.25) is 14.3 Å². The van der Waals surface area contributed by atoms with Crippen LogP contribution >= 0.6 is 23.2 Å². The molecule has 3 N–H and O–H groups in total. The molecule has 9 nitrogen and oxygen atoms in total. The van der Waals surface area contributed by atoms with E-state index in [1.54, 1.807) is 7.11 Å². The van der Waals surface area contributed by atoms with Gasteiger partial charge < -0.3 is 25.4 Å². The molecule has 2 aliphatic rings. The van der Waals surface area contributed by atoms with Gasteiger partial charge in [-0.1, -0.05) is 77.8 Å². The number of benzene rings is 4. The van der Waals surface area contributed by atoms with Gasteiger partial charge >= 0.3 is 5.97 Å². The number of ether oxygens (including phenoxy) is 1. The first-order valence-electron chi connectivity index (χ1n) is 18.8. The van der Waals surface area contributed by atoms with Gasteiger partial charge in [0.05, 0.1) is 36.3 Å². The van der Waals surface area contributed by atoms with E-state index in [0.717, 1.165) is 102 Å². The Morgan fingerprint density at radius 1 is 0.981 bits per heavy atom. The number of hydrogen-bond donors (Lipinski definition) is 3. The number of fused-ring (bicyclic) bond motifs is 1. The van der Waals surface area contributed by atoms with Crippen molar-refractivity contribution < 1.29 is 19.4 Å². The normalized spacial score (nSPS) is 18.7. The second-order valence-electron chi connectivity index (χ2n) is 14.8. The SMILES string of the molecule is COc1cc(Cn2ncc3c(-c4cccc(-c5ccc(CNC[C@@H]6CCC(=O)N6)cc5)c4Cl)cccc32)c(Cl)cc1CN(C)CC1CCC(C(=O)O)CC1. The fraction of sp³-hybridized carbons (Fsp3) is 0.372. The number of hydrogen-bond acceptors (Lipinski definition) is 6. The fourth-order valence-corrected chi connectivity index (χ4v) is 8.65.